The van der Waals surface area contributed by atoms with Gasteiger partial charge in [0.05, 0.1) is 11.9 Å². The lowest BCUT2D eigenvalue weighted by molar-refractivity contribution is -0.140. The Balaban J connectivity index is 1.67. The molecule has 8 nitrogen and oxygen atoms in total. The van der Waals surface area contributed by atoms with Crippen LogP contribution in [0, 0.1) is 0 Å². The number of hydrogen-bond acceptors (Lipinski definition) is 5. The van der Waals surface area contributed by atoms with E-state index in [-0.39, 0.29) is 24.9 Å². The van der Waals surface area contributed by atoms with Gasteiger partial charge in [0, 0.05) is 23.5 Å². The Bertz CT molecular complexity index is 1650. The van der Waals surface area contributed by atoms with Crippen LogP contribution in [0.15, 0.2) is 114 Å². The van der Waals surface area contributed by atoms with Crippen LogP contribution in [-0.4, -0.2) is 50.0 Å². The van der Waals surface area contributed by atoms with E-state index < -0.39 is 28.5 Å². The standard InChI is InChI=1S/C35H38BrN3O5S/c1-4-26(2)37-35(41)33(23-27-11-7-5-8-12-27)38(24-28-15-17-29(36)18-16-28)34(40)25-39(45(3,42)43)30-19-21-32(22-20-30)44-31-13-9-6-10-14-31/h5-22,26,33H,4,23-25H2,1-3H3,(H,37,41)/t26-,33+/m0/s1. The monoisotopic (exact) mass is 691 g/mol. The molecule has 4 aromatic rings. The van der Waals surface area contributed by atoms with Gasteiger partial charge in [-0.2, -0.15) is 0 Å². The molecule has 2 atom stereocenters. The lowest BCUT2D eigenvalue weighted by Gasteiger charge is -2.34. The molecule has 0 bridgehead atoms. The molecule has 4 rings (SSSR count). The van der Waals surface area contributed by atoms with E-state index in [1.807, 2.05) is 98.8 Å². The molecule has 0 fully saturated rings. The number of carbonyl (C=O) groups is 2. The summed E-state index contributed by atoms with van der Waals surface area (Å²) in [6, 6.07) is 31.7. The number of nitrogens with one attached hydrogen (secondary N) is 1. The lowest BCUT2D eigenvalue weighted by atomic mass is 10.0. The maximum absolute atomic E-state index is 14.3. The maximum Gasteiger partial charge on any atom is 0.244 e. The molecule has 4 aromatic carbocycles. The lowest BCUT2D eigenvalue weighted by Crippen LogP contribution is -2.54. The first-order valence-electron chi connectivity index (χ1n) is 14.7. The van der Waals surface area contributed by atoms with Gasteiger partial charge in [0.2, 0.25) is 21.8 Å². The molecule has 0 radical (unpaired) electrons. The molecular formula is C35H38BrN3O5S. The van der Waals surface area contributed by atoms with Gasteiger partial charge >= 0.3 is 0 Å². The Morgan fingerprint density at radius 3 is 1.98 bits per heavy atom. The fourth-order valence-corrected chi connectivity index (χ4v) is 5.81. The predicted octanol–water partition coefficient (Wildman–Crippen LogP) is 6.56. The summed E-state index contributed by atoms with van der Waals surface area (Å²) in [5, 5.41) is 3.04. The van der Waals surface area contributed by atoms with Crippen LogP contribution in [-0.2, 0) is 32.6 Å². The van der Waals surface area contributed by atoms with Crippen LogP contribution < -0.4 is 14.4 Å². The number of nitrogens with zero attached hydrogens (tertiary/aromatic N) is 2. The van der Waals surface area contributed by atoms with E-state index in [4.69, 9.17) is 4.74 Å². The number of benzene rings is 4. The van der Waals surface area contributed by atoms with Gasteiger partial charge in [0.25, 0.3) is 0 Å². The summed E-state index contributed by atoms with van der Waals surface area (Å²) in [5.41, 5.74) is 1.98. The zero-order valence-electron chi connectivity index (χ0n) is 25.6. The summed E-state index contributed by atoms with van der Waals surface area (Å²) in [5.74, 6) is 0.357. The molecule has 0 aliphatic carbocycles. The minimum atomic E-state index is -3.89. The van der Waals surface area contributed by atoms with Crippen LogP contribution in [0.3, 0.4) is 0 Å². The second-order valence-electron chi connectivity index (χ2n) is 10.9. The van der Waals surface area contributed by atoms with Crippen molar-refractivity contribution in [2.45, 2.75) is 45.3 Å². The van der Waals surface area contributed by atoms with Crippen molar-refractivity contribution in [3.05, 3.63) is 125 Å². The molecule has 236 valence electrons. The van der Waals surface area contributed by atoms with Gasteiger partial charge in [-0.3, -0.25) is 13.9 Å². The Morgan fingerprint density at radius 2 is 1.40 bits per heavy atom. The second kappa shape index (κ2) is 15.7. The van der Waals surface area contributed by atoms with Gasteiger partial charge < -0.3 is 15.0 Å². The number of amides is 2. The van der Waals surface area contributed by atoms with Gasteiger partial charge in [-0.15, -0.1) is 0 Å². The molecule has 2 amide bonds. The topological polar surface area (TPSA) is 96.0 Å². The molecule has 10 heteroatoms. The SMILES string of the molecule is CC[C@H](C)NC(=O)[C@@H](Cc1ccccc1)N(Cc1ccc(Br)cc1)C(=O)CN(c1ccc(Oc2ccccc2)cc1)S(C)(=O)=O. The highest BCUT2D eigenvalue weighted by atomic mass is 79.9. The molecule has 0 heterocycles. The molecular weight excluding hydrogens is 654 g/mol. The highest BCUT2D eigenvalue weighted by molar-refractivity contribution is 9.10. The van der Waals surface area contributed by atoms with E-state index in [1.54, 1.807) is 24.3 Å². The summed E-state index contributed by atoms with van der Waals surface area (Å²) >= 11 is 3.45. The Labute approximate surface area is 274 Å². The van der Waals surface area contributed by atoms with Gasteiger partial charge in [0.15, 0.2) is 0 Å². The number of rotatable bonds is 14. The van der Waals surface area contributed by atoms with E-state index in [2.05, 4.69) is 21.2 Å². The van der Waals surface area contributed by atoms with Gasteiger partial charge in [-0.05, 0) is 73.0 Å². The van der Waals surface area contributed by atoms with E-state index >= 15 is 0 Å². The largest absolute Gasteiger partial charge is 0.457 e. The average Bonchev–Trinajstić information content (AvgIpc) is 3.03. The molecule has 0 aliphatic heterocycles. The van der Waals surface area contributed by atoms with Crippen molar-refractivity contribution in [2.75, 3.05) is 17.1 Å². The normalized spacial score (nSPS) is 12.5. The van der Waals surface area contributed by atoms with Crippen LogP contribution in [0.5, 0.6) is 11.5 Å². The van der Waals surface area contributed by atoms with Crippen molar-refractivity contribution in [3.63, 3.8) is 0 Å². The zero-order valence-corrected chi connectivity index (χ0v) is 28.0. The van der Waals surface area contributed by atoms with Crippen molar-refractivity contribution in [1.29, 1.82) is 0 Å². The fourth-order valence-electron chi connectivity index (χ4n) is 4.70. The van der Waals surface area contributed by atoms with E-state index in [1.165, 1.54) is 4.90 Å². The van der Waals surface area contributed by atoms with Crippen molar-refractivity contribution in [2.24, 2.45) is 0 Å². The zero-order chi connectivity index (χ0) is 32.4. The Kier molecular flexibility index (Phi) is 11.8. The smallest absolute Gasteiger partial charge is 0.244 e. The first-order valence-corrected chi connectivity index (χ1v) is 17.4. The number of carbonyl (C=O) groups excluding carboxylic acids is 2. The minimum absolute atomic E-state index is 0.107. The molecule has 0 saturated heterocycles. The summed E-state index contributed by atoms with van der Waals surface area (Å²) in [4.78, 5) is 29.5. The number of hydrogen-bond donors (Lipinski definition) is 1. The average molecular weight is 693 g/mol. The highest BCUT2D eigenvalue weighted by Gasteiger charge is 2.33. The van der Waals surface area contributed by atoms with Crippen molar-refractivity contribution < 1.29 is 22.7 Å². The Hall–Kier alpha value is -4.15. The Morgan fingerprint density at radius 1 is 0.822 bits per heavy atom. The second-order valence-corrected chi connectivity index (χ2v) is 13.7. The summed E-state index contributed by atoms with van der Waals surface area (Å²) in [7, 11) is -3.89. The summed E-state index contributed by atoms with van der Waals surface area (Å²) in [6.45, 7) is 3.51. The molecule has 0 aromatic heterocycles. The minimum Gasteiger partial charge on any atom is -0.457 e. The van der Waals surface area contributed by atoms with Crippen LogP contribution in [0.1, 0.15) is 31.4 Å². The highest BCUT2D eigenvalue weighted by Crippen LogP contribution is 2.26. The number of halogens is 1. The molecule has 0 saturated carbocycles. The quantitative estimate of drug-likeness (QED) is 0.162. The predicted molar refractivity (Wildman–Crippen MR) is 182 cm³/mol. The van der Waals surface area contributed by atoms with Crippen molar-refractivity contribution in [1.82, 2.24) is 10.2 Å². The van der Waals surface area contributed by atoms with Gasteiger partial charge in [0.1, 0.15) is 24.1 Å². The van der Waals surface area contributed by atoms with E-state index in [9.17, 15) is 18.0 Å². The summed E-state index contributed by atoms with van der Waals surface area (Å²) in [6.07, 6.45) is 2.04. The van der Waals surface area contributed by atoms with Gasteiger partial charge in [-0.25, -0.2) is 8.42 Å². The van der Waals surface area contributed by atoms with Crippen molar-refractivity contribution in [3.8, 4) is 11.5 Å². The third kappa shape index (κ3) is 9.92. The third-order valence-corrected chi connectivity index (χ3v) is 8.99. The van der Waals surface area contributed by atoms with Crippen molar-refractivity contribution >= 4 is 43.5 Å². The number of anilines is 1. The van der Waals surface area contributed by atoms with Gasteiger partial charge in [-0.1, -0.05) is 83.5 Å². The fraction of sp³-hybridized carbons (Fsp3) is 0.257. The van der Waals surface area contributed by atoms with Crippen LogP contribution in [0.2, 0.25) is 0 Å². The maximum atomic E-state index is 14.3. The molecule has 0 aliphatic rings. The summed E-state index contributed by atoms with van der Waals surface area (Å²) < 4.78 is 34.0. The molecule has 0 spiro atoms. The molecule has 1 N–H and O–H groups in total. The first kappa shape index (κ1) is 33.7. The van der Waals surface area contributed by atoms with Crippen LogP contribution in [0.25, 0.3) is 0 Å². The number of sulfonamides is 1. The first-order chi connectivity index (χ1) is 21.5. The van der Waals surface area contributed by atoms with E-state index in [0.717, 1.165) is 32.6 Å². The number of ether oxygens (including phenoxy) is 1. The number of para-hydroxylation sites is 1. The van der Waals surface area contributed by atoms with Crippen LogP contribution in [0.4, 0.5) is 5.69 Å². The van der Waals surface area contributed by atoms with Crippen LogP contribution >= 0.6 is 15.9 Å². The molecule has 0 unspecified atom stereocenters. The van der Waals surface area contributed by atoms with E-state index in [0.29, 0.717) is 17.2 Å². The third-order valence-electron chi connectivity index (χ3n) is 7.32. The molecule has 45 heavy (non-hydrogen) atoms.